The molecule has 3 nitrogen and oxygen atoms in total. The Labute approximate surface area is 105 Å². The lowest BCUT2D eigenvalue weighted by Crippen LogP contribution is -2.10. The molecule has 1 heterocycles. The third-order valence-corrected chi connectivity index (χ3v) is 2.63. The van der Waals surface area contributed by atoms with Gasteiger partial charge in [-0.05, 0) is 48.4 Å². The van der Waals surface area contributed by atoms with E-state index in [9.17, 15) is 0 Å². The minimum Gasteiger partial charge on any atom is -0.494 e. The van der Waals surface area contributed by atoms with E-state index in [0.29, 0.717) is 17.6 Å². The fraction of sp³-hybridized carbons (Fsp3) is 0.231. The Hall–Kier alpha value is -1.45. The molecule has 0 amide bonds. The zero-order chi connectivity index (χ0) is 12.3. The van der Waals surface area contributed by atoms with Crippen LogP contribution in [-0.4, -0.2) is 6.61 Å². The minimum absolute atomic E-state index is 0.331. The predicted molar refractivity (Wildman–Crippen MR) is 67.4 cm³/mol. The van der Waals surface area contributed by atoms with E-state index < -0.39 is 0 Å². The van der Waals surface area contributed by atoms with Crippen LogP contribution in [0.3, 0.4) is 0 Å². The van der Waals surface area contributed by atoms with Gasteiger partial charge in [0.1, 0.15) is 11.5 Å². The Balaban J connectivity index is 2.24. The molecule has 0 radical (unpaired) electrons. The SMILES string of the molecule is CCOc1cccc(C(N)c2ccc(Cl)o2)c1. The van der Waals surface area contributed by atoms with Gasteiger partial charge in [-0.2, -0.15) is 0 Å². The van der Waals surface area contributed by atoms with Crippen LogP contribution >= 0.6 is 11.6 Å². The fourth-order valence-corrected chi connectivity index (χ4v) is 1.78. The highest BCUT2D eigenvalue weighted by atomic mass is 35.5. The minimum atomic E-state index is -0.331. The molecule has 0 fully saturated rings. The second kappa shape index (κ2) is 5.25. The summed E-state index contributed by atoms with van der Waals surface area (Å²) in [7, 11) is 0. The van der Waals surface area contributed by atoms with Crippen LogP contribution in [0, 0.1) is 0 Å². The van der Waals surface area contributed by atoms with Gasteiger partial charge in [0.2, 0.25) is 0 Å². The van der Waals surface area contributed by atoms with E-state index in [1.165, 1.54) is 0 Å². The van der Waals surface area contributed by atoms with Crippen molar-refractivity contribution in [3.05, 3.63) is 52.9 Å². The van der Waals surface area contributed by atoms with Gasteiger partial charge >= 0.3 is 0 Å². The number of hydrogen-bond acceptors (Lipinski definition) is 3. The van der Waals surface area contributed by atoms with Crippen molar-refractivity contribution in [2.45, 2.75) is 13.0 Å². The topological polar surface area (TPSA) is 48.4 Å². The van der Waals surface area contributed by atoms with Crippen LogP contribution in [0.15, 0.2) is 40.8 Å². The first-order chi connectivity index (χ1) is 8.20. The maximum absolute atomic E-state index is 6.09. The van der Waals surface area contributed by atoms with Gasteiger partial charge in [0, 0.05) is 0 Å². The maximum Gasteiger partial charge on any atom is 0.193 e. The summed E-state index contributed by atoms with van der Waals surface area (Å²) in [6, 6.07) is 10.8. The van der Waals surface area contributed by atoms with Gasteiger partial charge < -0.3 is 14.9 Å². The summed E-state index contributed by atoms with van der Waals surface area (Å²) in [5.74, 6) is 1.45. The third kappa shape index (κ3) is 2.81. The number of benzene rings is 1. The molecule has 17 heavy (non-hydrogen) atoms. The monoisotopic (exact) mass is 251 g/mol. The first kappa shape index (κ1) is 12.0. The summed E-state index contributed by atoms with van der Waals surface area (Å²) < 4.78 is 10.7. The molecular formula is C13H14ClNO2. The molecule has 1 unspecified atom stereocenters. The molecule has 0 aliphatic carbocycles. The van der Waals surface area contributed by atoms with Crippen molar-refractivity contribution in [3.63, 3.8) is 0 Å². The summed E-state index contributed by atoms with van der Waals surface area (Å²) in [6.07, 6.45) is 0. The largest absolute Gasteiger partial charge is 0.494 e. The lowest BCUT2D eigenvalue weighted by molar-refractivity contribution is 0.339. The van der Waals surface area contributed by atoms with Crippen LogP contribution < -0.4 is 10.5 Å². The first-order valence-corrected chi connectivity index (χ1v) is 5.82. The molecule has 4 heteroatoms. The second-order valence-electron chi connectivity index (χ2n) is 3.63. The molecule has 0 aliphatic heterocycles. The third-order valence-electron chi connectivity index (χ3n) is 2.43. The standard InChI is InChI=1S/C13H14ClNO2/c1-2-16-10-5-3-4-9(8-10)13(15)11-6-7-12(14)17-11/h3-8,13H,2,15H2,1H3. The quantitative estimate of drug-likeness (QED) is 0.906. The highest BCUT2D eigenvalue weighted by Gasteiger charge is 2.13. The van der Waals surface area contributed by atoms with E-state index in [1.807, 2.05) is 31.2 Å². The van der Waals surface area contributed by atoms with E-state index in [2.05, 4.69) is 0 Å². The van der Waals surface area contributed by atoms with Gasteiger partial charge in [-0.1, -0.05) is 12.1 Å². The van der Waals surface area contributed by atoms with Crippen LogP contribution in [0.1, 0.15) is 24.3 Å². The van der Waals surface area contributed by atoms with Gasteiger partial charge in [0.25, 0.3) is 0 Å². The highest BCUT2D eigenvalue weighted by Crippen LogP contribution is 2.26. The Morgan fingerprint density at radius 3 is 2.82 bits per heavy atom. The molecule has 1 atom stereocenters. The van der Waals surface area contributed by atoms with Crippen molar-refractivity contribution in [2.75, 3.05) is 6.61 Å². The van der Waals surface area contributed by atoms with Gasteiger partial charge in [0.05, 0.1) is 12.6 Å². The van der Waals surface area contributed by atoms with E-state index in [4.69, 9.17) is 26.5 Å². The zero-order valence-corrected chi connectivity index (χ0v) is 10.3. The van der Waals surface area contributed by atoms with Crippen molar-refractivity contribution in [2.24, 2.45) is 5.73 Å². The Morgan fingerprint density at radius 2 is 2.18 bits per heavy atom. The van der Waals surface area contributed by atoms with Crippen molar-refractivity contribution in [3.8, 4) is 5.75 Å². The van der Waals surface area contributed by atoms with Crippen molar-refractivity contribution in [1.82, 2.24) is 0 Å². The van der Waals surface area contributed by atoms with Gasteiger partial charge in [-0.3, -0.25) is 0 Å². The second-order valence-corrected chi connectivity index (χ2v) is 4.00. The average molecular weight is 252 g/mol. The number of furan rings is 1. The summed E-state index contributed by atoms with van der Waals surface area (Å²) in [4.78, 5) is 0. The number of ether oxygens (including phenoxy) is 1. The smallest absolute Gasteiger partial charge is 0.193 e. The fourth-order valence-electron chi connectivity index (χ4n) is 1.62. The number of nitrogens with two attached hydrogens (primary N) is 1. The molecule has 0 saturated heterocycles. The van der Waals surface area contributed by atoms with Gasteiger partial charge in [-0.25, -0.2) is 0 Å². The number of rotatable bonds is 4. The molecule has 1 aromatic heterocycles. The van der Waals surface area contributed by atoms with Crippen molar-refractivity contribution < 1.29 is 9.15 Å². The summed E-state index contributed by atoms with van der Waals surface area (Å²) in [6.45, 7) is 2.57. The Bertz CT molecular complexity index is 496. The van der Waals surface area contributed by atoms with E-state index >= 15 is 0 Å². The summed E-state index contributed by atoms with van der Waals surface area (Å²) in [5, 5.41) is 0.344. The van der Waals surface area contributed by atoms with Gasteiger partial charge in [-0.15, -0.1) is 0 Å². The number of hydrogen-bond donors (Lipinski definition) is 1. The lowest BCUT2D eigenvalue weighted by Gasteiger charge is -2.11. The molecule has 2 N–H and O–H groups in total. The molecule has 0 spiro atoms. The van der Waals surface area contributed by atoms with Crippen LogP contribution in [0.5, 0.6) is 5.75 Å². The normalized spacial score (nSPS) is 12.4. The predicted octanol–water partition coefficient (Wildman–Crippen LogP) is 3.38. The summed E-state index contributed by atoms with van der Waals surface area (Å²) in [5.41, 5.74) is 7.02. The molecular weight excluding hydrogens is 238 g/mol. The van der Waals surface area contributed by atoms with Crippen molar-refractivity contribution in [1.29, 1.82) is 0 Å². The zero-order valence-electron chi connectivity index (χ0n) is 9.52. The maximum atomic E-state index is 6.09. The molecule has 0 aliphatic rings. The average Bonchev–Trinajstić information content (AvgIpc) is 2.76. The first-order valence-electron chi connectivity index (χ1n) is 5.44. The molecule has 1 aromatic carbocycles. The van der Waals surface area contributed by atoms with E-state index in [1.54, 1.807) is 12.1 Å². The molecule has 90 valence electrons. The van der Waals surface area contributed by atoms with E-state index in [-0.39, 0.29) is 6.04 Å². The molecule has 2 aromatic rings. The Kier molecular flexibility index (Phi) is 3.71. The van der Waals surface area contributed by atoms with Crippen LogP contribution in [0.25, 0.3) is 0 Å². The van der Waals surface area contributed by atoms with Crippen LogP contribution in [-0.2, 0) is 0 Å². The molecule has 2 rings (SSSR count). The molecule has 0 saturated carbocycles. The Morgan fingerprint density at radius 1 is 1.35 bits per heavy atom. The van der Waals surface area contributed by atoms with E-state index in [0.717, 1.165) is 11.3 Å². The lowest BCUT2D eigenvalue weighted by atomic mass is 10.1. The summed E-state index contributed by atoms with van der Waals surface area (Å²) >= 11 is 5.73. The van der Waals surface area contributed by atoms with Crippen LogP contribution in [0.2, 0.25) is 5.22 Å². The highest BCUT2D eigenvalue weighted by molar-refractivity contribution is 6.28. The number of halogens is 1. The van der Waals surface area contributed by atoms with Gasteiger partial charge in [0.15, 0.2) is 5.22 Å². The van der Waals surface area contributed by atoms with Crippen LogP contribution in [0.4, 0.5) is 0 Å². The molecule has 0 bridgehead atoms. The van der Waals surface area contributed by atoms with Crippen molar-refractivity contribution >= 4 is 11.6 Å².